The lowest BCUT2D eigenvalue weighted by atomic mass is 9.86. The summed E-state index contributed by atoms with van der Waals surface area (Å²) in [6.07, 6.45) is 4.07. The van der Waals surface area contributed by atoms with Crippen LogP contribution in [0.4, 0.5) is 0 Å². The van der Waals surface area contributed by atoms with E-state index in [4.69, 9.17) is 0 Å². The first kappa shape index (κ1) is 8.24. The second-order valence-electron chi connectivity index (χ2n) is 4.72. The molecule has 0 spiro atoms. The Morgan fingerprint density at radius 1 is 1.50 bits per heavy atom. The first-order valence-corrected chi connectivity index (χ1v) is 4.88. The molecule has 12 heavy (non-hydrogen) atoms. The van der Waals surface area contributed by atoms with Crippen LogP contribution in [0.3, 0.4) is 0 Å². The third-order valence-corrected chi connectivity index (χ3v) is 3.25. The van der Waals surface area contributed by atoms with E-state index < -0.39 is 0 Å². The zero-order valence-corrected chi connectivity index (χ0v) is 7.97. The molecule has 2 nitrogen and oxygen atoms in total. The van der Waals surface area contributed by atoms with Crippen LogP contribution in [-0.2, 0) is 4.79 Å². The van der Waals surface area contributed by atoms with Gasteiger partial charge in [0.25, 0.3) is 0 Å². The topological polar surface area (TPSA) is 20.3 Å². The molecule has 2 heterocycles. The van der Waals surface area contributed by atoms with Gasteiger partial charge in [0.2, 0.25) is 0 Å². The number of carbonyl (C=O) groups excluding carboxylic acids is 1. The van der Waals surface area contributed by atoms with Crippen LogP contribution >= 0.6 is 0 Å². The number of rotatable bonds is 0. The second kappa shape index (κ2) is 2.56. The van der Waals surface area contributed by atoms with Crippen molar-refractivity contribution in [1.29, 1.82) is 0 Å². The molecule has 2 heteroatoms. The maximum atomic E-state index is 11.4. The highest BCUT2D eigenvalue weighted by atomic mass is 16.1. The van der Waals surface area contributed by atoms with Crippen LogP contribution in [0.5, 0.6) is 0 Å². The van der Waals surface area contributed by atoms with E-state index in [0.29, 0.717) is 11.8 Å². The smallest absolute Gasteiger partial charge is 0.136 e. The van der Waals surface area contributed by atoms with Gasteiger partial charge in [-0.05, 0) is 33.2 Å². The van der Waals surface area contributed by atoms with Gasteiger partial charge in [-0.2, -0.15) is 0 Å². The fourth-order valence-electron chi connectivity index (χ4n) is 2.76. The molecule has 0 N–H and O–H groups in total. The number of hydrogen-bond donors (Lipinski definition) is 0. The van der Waals surface area contributed by atoms with E-state index in [1.165, 1.54) is 19.4 Å². The molecule has 68 valence electrons. The Bertz CT molecular complexity index is 210. The lowest BCUT2D eigenvalue weighted by Crippen LogP contribution is -2.52. The first-order valence-electron chi connectivity index (χ1n) is 4.88. The average molecular weight is 167 g/mol. The molecular formula is C10H17NO. The maximum absolute atomic E-state index is 11.4. The van der Waals surface area contributed by atoms with Gasteiger partial charge in [-0.25, -0.2) is 0 Å². The minimum atomic E-state index is 0.135. The molecule has 2 rings (SSSR count). The van der Waals surface area contributed by atoms with E-state index in [9.17, 15) is 4.79 Å². The Kier molecular flexibility index (Phi) is 1.76. The molecule has 2 fully saturated rings. The lowest BCUT2D eigenvalue weighted by Gasteiger charge is -2.43. The number of piperidine rings is 1. The third-order valence-electron chi connectivity index (χ3n) is 3.25. The standard InChI is InChI=1S/C10H17NO/c1-10(2)7-9(12)6-8-4-3-5-11(8)10/h8H,3-7H2,1-2H3. The SMILES string of the molecule is CC1(C)CC(=O)CC2CCCN21. The van der Waals surface area contributed by atoms with Crippen molar-refractivity contribution in [1.82, 2.24) is 4.90 Å². The quantitative estimate of drug-likeness (QED) is 0.546. The van der Waals surface area contributed by atoms with Gasteiger partial charge in [-0.3, -0.25) is 9.69 Å². The summed E-state index contributed by atoms with van der Waals surface area (Å²) in [5.41, 5.74) is 0.135. The van der Waals surface area contributed by atoms with Crippen molar-refractivity contribution >= 4 is 5.78 Å². The zero-order valence-electron chi connectivity index (χ0n) is 7.97. The summed E-state index contributed by atoms with van der Waals surface area (Å²) in [7, 11) is 0. The summed E-state index contributed by atoms with van der Waals surface area (Å²) in [5, 5.41) is 0. The number of fused-ring (bicyclic) bond motifs is 1. The molecule has 0 aromatic carbocycles. The van der Waals surface area contributed by atoms with E-state index >= 15 is 0 Å². The van der Waals surface area contributed by atoms with Crippen molar-refractivity contribution in [3.63, 3.8) is 0 Å². The number of Topliss-reactive ketones (excluding diaryl/α,β-unsaturated/α-hetero) is 1. The fourth-order valence-corrected chi connectivity index (χ4v) is 2.76. The Morgan fingerprint density at radius 2 is 2.25 bits per heavy atom. The normalized spacial score (nSPS) is 35.2. The molecule has 1 unspecified atom stereocenters. The average Bonchev–Trinajstić information content (AvgIpc) is 2.32. The van der Waals surface area contributed by atoms with Crippen molar-refractivity contribution in [2.45, 2.75) is 51.1 Å². The van der Waals surface area contributed by atoms with Crippen molar-refractivity contribution < 1.29 is 4.79 Å². The molecule has 0 aromatic heterocycles. The van der Waals surface area contributed by atoms with Crippen LogP contribution in [-0.4, -0.2) is 28.8 Å². The van der Waals surface area contributed by atoms with Gasteiger partial charge in [-0.15, -0.1) is 0 Å². The van der Waals surface area contributed by atoms with Crippen LogP contribution in [0.15, 0.2) is 0 Å². The Labute approximate surface area is 73.9 Å². The lowest BCUT2D eigenvalue weighted by molar-refractivity contribution is -0.127. The van der Waals surface area contributed by atoms with Crippen molar-refractivity contribution in [2.24, 2.45) is 0 Å². The Hall–Kier alpha value is -0.370. The van der Waals surface area contributed by atoms with E-state index in [1.807, 2.05) is 0 Å². The van der Waals surface area contributed by atoms with Gasteiger partial charge < -0.3 is 0 Å². The minimum Gasteiger partial charge on any atom is -0.300 e. The van der Waals surface area contributed by atoms with Crippen LogP contribution < -0.4 is 0 Å². The molecule has 2 saturated heterocycles. The van der Waals surface area contributed by atoms with Crippen LogP contribution in [0.25, 0.3) is 0 Å². The highest BCUT2D eigenvalue weighted by Crippen LogP contribution is 2.35. The molecule has 0 saturated carbocycles. The second-order valence-corrected chi connectivity index (χ2v) is 4.72. The summed E-state index contributed by atoms with van der Waals surface area (Å²) >= 11 is 0. The van der Waals surface area contributed by atoms with E-state index in [0.717, 1.165) is 12.8 Å². The van der Waals surface area contributed by atoms with Gasteiger partial charge >= 0.3 is 0 Å². The van der Waals surface area contributed by atoms with Crippen molar-refractivity contribution in [2.75, 3.05) is 6.54 Å². The summed E-state index contributed by atoms with van der Waals surface area (Å²) in [6, 6.07) is 0.571. The summed E-state index contributed by atoms with van der Waals surface area (Å²) in [5.74, 6) is 0.461. The maximum Gasteiger partial charge on any atom is 0.136 e. The first-order chi connectivity index (χ1) is 5.59. The molecule has 2 aliphatic heterocycles. The van der Waals surface area contributed by atoms with Crippen LogP contribution in [0.2, 0.25) is 0 Å². The van der Waals surface area contributed by atoms with Gasteiger partial charge in [0.15, 0.2) is 0 Å². The molecule has 1 atom stereocenters. The van der Waals surface area contributed by atoms with Crippen molar-refractivity contribution in [3.05, 3.63) is 0 Å². The summed E-state index contributed by atoms with van der Waals surface area (Å²) in [4.78, 5) is 13.9. The highest BCUT2D eigenvalue weighted by molar-refractivity contribution is 5.81. The predicted octanol–water partition coefficient (Wildman–Crippen LogP) is 1.59. The zero-order chi connectivity index (χ0) is 8.77. The molecule has 0 aromatic rings. The molecule has 0 bridgehead atoms. The van der Waals surface area contributed by atoms with E-state index in [1.54, 1.807) is 0 Å². The summed E-state index contributed by atoms with van der Waals surface area (Å²) < 4.78 is 0. The van der Waals surface area contributed by atoms with Gasteiger partial charge in [0, 0.05) is 24.4 Å². The van der Waals surface area contributed by atoms with Gasteiger partial charge in [0.05, 0.1) is 0 Å². The molecule has 2 aliphatic rings. The number of hydrogen-bond acceptors (Lipinski definition) is 2. The number of ketones is 1. The van der Waals surface area contributed by atoms with Gasteiger partial charge in [0.1, 0.15) is 5.78 Å². The Morgan fingerprint density at radius 3 is 3.00 bits per heavy atom. The van der Waals surface area contributed by atoms with Crippen LogP contribution in [0.1, 0.15) is 39.5 Å². The van der Waals surface area contributed by atoms with Gasteiger partial charge in [-0.1, -0.05) is 0 Å². The molecular weight excluding hydrogens is 150 g/mol. The molecule has 0 amide bonds. The van der Waals surface area contributed by atoms with E-state index in [2.05, 4.69) is 18.7 Å². The number of nitrogens with zero attached hydrogens (tertiary/aromatic N) is 1. The fraction of sp³-hybridized carbons (Fsp3) is 0.900. The predicted molar refractivity (Wildman–Crippen MR) is 48.0 cm³/mol. The van der Waals surface area contributed by atoms with Crippen molar-refractivity contribution in [3.8, 4) is 0 Å². The Balaban J connectivity index is 2.20. The molecule has 0 aliphatic carbocycles. The minimum absolute atomic E-state index is 0.135. The number of carbonyl (C=O) groups is 1. The largest absolute Gasteiger partial charge is 0.300 e. The highest BCUT2D eigenvalue weighted by Gasteiger charge is 2.42. The third kappa shape index (κ3) is 1.18. The monoisotopic (exact) mass is 167 g/mol. The van der Waals surface area contributed by atoms with E-state index in [-0.39, 0.29) is 5.54 Å². The molecule has 0 radical (unpaired) electrons. The van der Waals surface area contributed by atoms with Crippen LogP contribution in [0, 0.1) is 0 Å². The summed E-state index contributed by atoms with van der Waals surface area (Å²) in [6.45, 7) is 5.59.